The van der Waals surface area contributed by atoms with E-state index in [2.05, 4.69) is 11.8 Å². The largest absolute Gasteiger partial charge is 0.381 e. The average Bonchev–Trinajstić information content (AvgIpc) is 2.38. The molecule has 2 aliphatic rings. The van der Waals surface area contributed by atoms with Crippen molar-refractivity contribution in [1.29, 1.82) is 0 Å². The predicted molar refractivity (Wildman–Crippen MR) is 71.0 cm³/mol. The van der Waals surface area contributed by atoms with E-state index >= 15 is 0 Å². The first-order valence-corrected chi connectivity index (χ1v) is 7.24. The number of nitrogens with zero attached hydrogens (tertiary/aromatic N) is 1. The predicted octanol–water partition coefficient (Wildman–Crippen LogP) is 2.00. The van der Waals surface area contributed by atoms with E-state index in [0.717, 1.165) is 12.5 Å². The highest BCUT2D eigenvalue weighted by atomic mass is 16.5. The number of methoxy groups -OCH3 is 1. The molecule has 1 heterocycles. The van der Waals surface area contributed by atoms with Crippen LogP contribution in [0.15, 0.2) is 0 Å². The Morgan fingerprint density at radius 1 is 1.24 bits per heavy atom. The summed E-state index contributed by atoms with van der Waals surface area (Å²) in [7, 11) is 1.85. The Balaban J connectivity index is 1.98. The van der Waals surface area contributed by atoms with Gasteiger partial charge < -0.3 is 10.5 Å². The summed E-state index contributed by atoms with van der Waals surface area (Å²) >= 11 is 0. The van der Waals surface area contributed by atoms with Crippen LogP contribution >= 0.6 is 0 Å². The fourth-order valence-electron chi connectivity index (χ4n) is 3.74. The maximum absolute atomic E-state index is 5.98. The highest BCUT2D eigenvalue weighted by molar-refractivity contribution is 4.90. The molecule has 0 bridgehead atoms. The van der Waals surface area contributed by atoms with Gasteiger partial charge in [0.1, 0.15) is 0 Å². The van der Waals surface area contributed by atoms with Gasteiger partial charge in [-0.2, -0.15) is 0 Å². The van der Waals surface area contributed by atoms with E-state index in [4.69, 9.17) is 10.5 Å². The highest BCUT2D eigenvalue weighted by Gasteiger charge is 2.34. The smallest absolute Gasteiger partial charge is 0.0586 e. The van der Waals surface area contributed by atoms with Crippen molar-refractivity contribution < 1.29 is 4.74 Å². The van der Waals surface area contributed by atoms with Crippen LogP contribution in [0.3, 0.4) is 0 Å². The molecule has 1 aliphatic heterocycles. The Morgan fingerprint density at radius 3 is 2.76 bits per heavy atom. The molecule has 3 heteroatoms. The van der Waals surface area contributed by atoms with Crippen molar-refractivity contribution in [2.75, 3.05) is 20.2 Å². The molecule has 1 saturated carbocycles. The van der Waals surface area contributed by atoms with Gasteiger partial charge in [0.25, 0.3) is 0 Å². The maximum Gasteiger partial charge on any atom is 0.0586 e. The number of ether oxygens (including phenoxy) is 1. The number of likely N-dealkylation sites (tertiary alicyclic amines) is 1. The highest BCUT2D eigenvalue weighted by Crippen LogP contribution is 2.31. The van der Waals surface area contributed by atoms with Crippen molar-refractivity contribution >= 4 is 0 Å². The van der Waals surface area contributed by atoms with Crippen LogP contribution in [0, 0.1) is 5.92 Å². The lowest BCUT2D eigenvalue weighted by Crippen LogP contribution is -2.54. The van der Waals surface area contributed by atoms with Crippen LogP contribution < -0.4 is 5.73 Å². The summed E-state index contributed by atoms with van der Waals surface area (Å²) in [4.78, 5) is 2.69. The second kappa shape index (κ2) is 6.17. The third-order valence-electron chi connectivity index (χ3n) is 4.80. The molecule has 4 unspecified atom stereocenters. The van der Waals surface area contributed by atoms with Crippen molar-refractivity contribution in [3.05, 3.63) is 0 Å². The molecular formula is C14H28N2O. The van der Waals surface area contributed by atoms with Gasteiger partial charge in [-0.25, -0.2) is 0 Å². The summed E-state index contributed by atoms with van der Waals surface area (Å²) in [5.74, 6) is 0.761. The molecule has 0 amide bonds. The molecule has 100 valence electrons. The minimum absolute atomic E-state index is 0.476. The third kappa shape index (κ3) is 3.01. The first-order chi connectivity index (χ1) is 8.26. The molecule has 0 radical (unpaired) electrons. The van der Waals surface area contributed by atoms with E-state index in [-0.39, 0.29) is 0 Å². The SMILES string of the molecule is COC1CCCC(N2CCCC(C)C2CN)C1. The van der Waals surface area contributed by atoms with Crippen LogP contribution in [-0.2, 0) is 4.74 Å². The summed E-state index contributed by atoms with van der Waals surface area (Å²) in [5, 5.41) is 0. The molecule has 0 aromatic carbocycles. The Labute approximate surface area is 106 Å². The first-order valence-electron chi connectivity index (χ1n) is 7.24. The summed E-state index contributed by atoms with van der Waals surface area (Å²) in [6, 6.07) is 1.31. The van der Waals surface area contributed by atoms with Gasteiger partial charge in [-0.05, 0) is 51.0 Å². The minimum atomic E-state index is 0.476. The van der Waals surface area contributed by atoms with Gasteiger partial charge in [-0.15, -0.1) is 0 Å². The second-order valence-corrected chi connectivity index (χ2v) is 5.84. The number of rotatable bonds is 3. The number of hydrogen-bond donors (Lipinski definition) is 1. The van der Waals surface area contributed by atoms with Gasteiger partial charge in [0.2, 0.25) is 0 Å². The van der Waals surface area contributed by atoms with Crippen LogP contribution in [0.5, 0.6) is 0 Å². The molecular weight excluding hydrogens is 212 g/mol. The summed E-state index contributed by atoms with van der Waals surface area (Å²) in [5.41, 5.74) is 5.98. The molecule has 2 N–H and O–H groups in total. The van der Waals surface area contributed by atoms with E-state index in [1.165, 1.54) is 45.1 Å². The van der Waals surface area contributed by atoms with Crippen molar-refractivity contribution in [3.63, 3.8) is 0 Å². The molecule has 4 atom stereocenters. The first kappa shape index (κ1) is 13.3. The number of nitrogens with two attached hydrogens (primary N) is 1. The molecule has 1 saturated heterocycles. The van der Waals surface area contributed by atoms with Crippen molar-refractivity contribution in [2.24, 2.45) is 11.7 Å². The number of piperidine rings is 1. The Kier molecular flexibility index (Phi) is 4.83. The zero-order valence-electron chi connectivity index (χ0n) is 11.4. The average molecular weight is 240 g/mol. The molecule has 0 aromatic heterocycles. The maximum atomic E-state index is 5.98. The molecule has 1 aliphatic carbocycles. The van der Waals surface area contributed by atoms with Gasteiger partial charge in [-0.1, -0.05) is 6.92 Å². The van der Waals surface area contributed by atoms with Crippen LogP contribution in [0.1, 0.15) is 45.4 Å². The molecule has 0 spiro atoms. The minimum Gasteiger partial charge on any atom is -0.381 e. The van der Waals surface area contributed by atoms with Crippen molar-refractivity contribution in [1.82, 2.24) is 4.90 Å². The molecule has 2 fully saturated rings. The van der Waals surface area contributed by atoms with Gasteiger partial charge >= 0.3 is 0 Å². The summed E-state index contributed by atoms with van der Waals surface area (Å²) in [6.45, 7) is 4.42. The molecule has 2 rings (SSSR count). The van der Waals surface area contributed by atoms with E-state index < -0.39 is 0 Å². The summed E-state index contributed by atoms with van der Waals surface area (Å²) in [6.07, 6.45) is 8.26. The summed E-state index contributed by atoms with van der Waals surface area (Å²) < 4.78 is 5.55. The van der Waals surface area contributed by atoms with E-state index in [1.54, 1.807) is 0 Å². The topological polar surface area (TPSA) is 38.5 Å². The van der Waals surface area contributed by atoms with E-state index in [9.17, 15) is 0 Å². The van der Waals surface area contributed by atoms with Crippen LogP contribution in [0.4, 0.5) is 0 Å². The van der Waals surface area contributed by atoms with Gasteiger partial charge in [0.05, 0.1) is 6.10 Å². The standard InChI is InChI=1S/C14H28N2O/c1-11-5-4-8-16(14(11)10-15)12-6-3-7-13(9-12)17-2/h11-14H,3-10,15H2,1-2H3. The quantitative estimate of drug-likeness (QED) is 0.820. The lowest BCUT2D eigenvalue weighted by Gasteiger charge is -2.46. The van der Waals surface area contributed by atoms with Crippen molar-refractivity contribution in [2.45, 2.75) is 63.6 Å². The van der Waals surface area contributed by atoms with E-state index in [1.807, 2.05) is 7.11 Å². The second-order valence-electron chi connectivity index (χ2n) is 5.84. The Morgan fingerprint density at radius 2 is 2.06 bits per heavy atom. The van der Waals surface area contributed by atoms with Crippen LogP contribution in [-0.4, -0.2) is 43.3 Å². The van der Waals surface area contributed by atoms with Gasteiger partial charge in [0, 0.05) is 25.7 Å². The fraction of sp³-hybridized carbons (Fsp3) is 1.00. The lowest BCUT2D eigenvalue weighted by atomic mass is 9.85. The van der Waals surface area contributed by atoms with Gasteiger partial charge in [0.15, 0.2) is 0 Å². The van der Waals surface area contributed by atoms with E-state index in [0.29, 0.717) is 18.2 Å². The molecule has 0 aromatic rings. The van der Waals surface area contributed by atoms with Crippen LogP contribution in [0.25, 0.3) is 0 Å². The third-order valence-corrected chi connectivity index (χ3v) is 4.80. The molecule has 3 nitrogen and oxygen atoms in total. The lowest BCUT2D eigenvalue weighted by molar-refractivity contribution is -0.00701. The normalized spacial score (nSPS) is 40.4. The van der Waals surface area contributed by atoms with Crippen molar-refractivity contribution in [3.8, 4) is 0 Å². The Bertz CT molecular complexity index is 234. The molecule has 17 heavy (non-hydrogen) atoms. The fourth-order valence-corrected chi connectivity index (χ4v) is 3.74. The monoisotopic (exact) mass is 240 g/mol. The Hall–Kier alpha value is -0.120. The number of hydrogen-bond acceptors (Lipinski definition) is 3. The van der Waals surface area contributed by atoms with Crippen LogP contribution in [0.2, 0.25) is 0 Å². The zero-order chi connectivity index (χ0) is 12.3. The zero-order valence-corrected chi connectivity index (χ0v) is 11.4. The van der Waals surface area contributed by atoms with Gasteiger partial charge in [-0.3, -0.25) is 4.90 Å².